The Hall–Kier alpha value is -2.70. The van der Waals surface area contributed by atoms with Crippen molar-refractivity contribution < 1.29 is 0 Å². The molecule has 2 heterocycles. The van der Waals surface area contributed by atoms with E-state index in [1.54, 1.807) is 11.7 Å². The lowest BCUT2D eigenvalue weighted by atomic mass is 10.1. The average molecular weight is 284 g/mol. The zero-order chi connectivity index (χ0) is 14.8. The Labute approximate surface area is 121 Å². The number of hydrogen-bond acceptors (Lipinski definition) is 5. The van der Waals surface area contributed by atoms with E-state index in [2.05, 4.69) is 15.4 Å². The van der Waals surface area contributed by atoms with Gasteiger partial charge in [-0.3, -0.25) is 4.79 Å². The fraction of sp³-hybridized carbons (Fsp3) is 0.286. The predicted octanol–water partition coefficient (Wildman–Crippen LogP) is 0.740. The number of nitrogen functional groups attached to an aromatic ring is 1. The molecular weight excluding hydrogens is 268 g/mol. The molecule has 0 saturated heterocycles. The average Bonchev–Trinajstić information content (AvgIpc) is 2.84. The van der Waals surface area contributed by atoms with Gasteiger partial charge in [0.1, 0.15) is 5.39 Å². The minimum atomic E-state index is -0.152. The molecule has 0 spiro atoms. The summed E-state index contributed by atoms with van der Waals surface area (Å²) in [5, 5.41) is 12.5. The van der Waals surface area contributed by atoms with E-state index in [9.17, 15) is 4.79 Å². The van der Waals surface area contributed by atoms with Gasteiger partial charge in [0, 0.05) is 19.3 Å². The number of aromatic nitrogens is 5. The van der Waals surface area contributed by atoms with Crippen LogP contribution in [0.2, 0.25) is 0 Å². The molecule has 3 rings (SSSR count). The molecule has 3 aromatic rings. The van der Waals surface area contributed by atoms with E-state index in [1.807, 2.05) is 24.3 Å². The Morgan fingerprint density at radius 3 is 3.00 bits per heavy atom. The van der Waals surface area contributed by atoms with Gasteiger partial charge in [0.2, 0.25) is 0 Å². The van der Waals surface area contributed by atoms with Gasteiger partial charge in [0.25, 0.3) is 5.56 Å². The summed E-state index contributed by atoms with van der Waals surface area (Å²) in [5.74, 6) is 0. The first kappa shape index (κ1) is 13.3. The molecule has 0 bridgehead atoms. The number of nitrogens with zero attached hydrogens (tertiary/aromatic N) is 5. The van der Waals surface area contributed by atoms with Crippen LogP contribution in [0, 0.1) is 0 Å². The smallest absolute Gasteiger partial charge is 0.280 e. The second-order valence-corrected chi connectivity index (χ2v) is 4.97. The molecule has 0 fully saturated rings. The fourth-order valence-corrected chi connectivity index (χ4v) is 2.30. The van der Waals surface area contributed by atoms with Gasteiger partial charge >= 0.3 is 0 Å². The van der Waals surface area contributed by atoms with Gasteiger partial charge in [-0.25, -0.2) is 9.36 Å². The van der Waals surface area contributed by atoms with Crippen molar-refractivity contribution in [1.29, 1.82) is 0 Å². The lowest BCUT2D eigenvalue weighted by Gasteiger charge is -2.04. The Morgan fingerprint density at radius 1 is 1.33 bits per heavy atom. The molecule has 0 aliphatic carbocycles. The van der Waals surface area contributed by atoms with E-state index in [0.29, 0.717) is 17.6 Å². The summed E-state index contributed by atoms with van der Waals surface area (Å²) >= 11 is 0. The molecule has 7 nitrogen and oxygen atoms in total. The van der Waals surface area contributed by atoms with Crippen LogP contribution in [0.25, 0.3) is 11.0 Å². The van der Waals surface area contributed by atoms with Crippen LogP contribution in [0.1, 0.15) is 12.0 Å². The highest BCUT2D eigenvalue weighted by molar-refractivity contribution is 5.72. The van der Waals surface area contributed by atoms with Crippen LogP contribution in [-0.4, -0.2) is 24.8 Å². The molecular formula is C14H16N6O. The SMILES string of the molecule is Cn1ncc2c(=O)n(CCCc3cccc(N)c3)nnc21. The summed E-state index contributed by atoms with van der Waals surface area (Å²) < 4.78 is 2.93. The third-order valence-corrected chi connectivity index (χ3v) is 3.41. The largest absolute Gasteiger partial charge is 0.399 e. The maximum Gasteiger partial charge on any atom is 0.280 e. The monoisotopic (exact) mass is 284 g/mol. The van der Waals surface area contributed by atoms with E-state index in [4.69, 9.17) is 5.73 Å². The molecule has 0 unspecified atom stereocenters. The van der Waals surface area contributed by atoms with Crippen molar-refractivity contribution in [1.82, 2.24) is 24.8 Å². The first-order valence-electron chi connectivity index (χ1n) is 6.75. The van der Waals surface area contributed by atoms with Gasteiger partial charge in [0.15, 0.2) is 5.65 Å². The molecule has 1 aromatic carbocycles. The van der Waals surface area contributed by atoms with Gasteiger partial charge in [0.05, 0.1) is 6.20 Å². The topological polar surface area (TPSA) is 91.6 Å². The number of anilines is 1. The third-order valence-electron chi connectivity index (χ3n) is 3.41. The Morgan fingerprint density at radius 2 is 2.19 bits per heavy atom. The maximum atomic E-state index is 12.2. The van der Waals surface area contributed by atoms with Gasteiger partial charge in [-0.15, -0.1) is 5.10 Å². The predicted molar refractivity (Wildman–Crippen MR) is 79.7 cm³/mol. The van der Waals surface area contributed by atoms with Crippen LogP contribution in [0.3, 0.4) is 0 Å². The molecule has 7 heteroatoms. The van der Waals surface area contributed by atoms with Crippen molar-refractivity contribution in [2.45, 2.75) is 19.4 Å². The second kappa shape index (κ2) is 5.35. The van der Waals surface area contributed by atoms with Crippen molar-refractivity contribution in [2.24, 2.45) is 7.05 Å². The van der Waals surface area contributed by atoms with Crippen LogP contribution in [0.5, 0.6) is 0 Å². The molecule has 2 aromatic heterocycles. The first-order valence-corrected chi connectivity index (χ1v) is 6.75. The molecule has 0 saturated carbocycles. The summed E-state index contributed by atoms with van der Waals surface area (Å²) in [6.07, 6.45) is 3.16. The minimum Gasteiger partial charge on any atom is -0.399 e. The van der Waals surface area contributed by atoms with Crippen LogP contribution in [-0.2, 0) is 20.0 Å². The third kappa shape index (κ3) is 2.62. The van der Waals surface area contributed by atoms with Crippen molar-refractivity contribution >= 4 is 16.7 Å². The highest BCUT2D eigenvalue weighted by atomic mass is 16.1. The lowest BCUT2D eigenvalue weighted by Crippen LogP contribution is -2.24. The van der Waals surface area contributed by atoms with Crippen LogP contribution >= 0.6 is 0 Å². The number of rotatable bonds is 4. The van der Waals surface area contributed by atoms with Crippen molar-refractivity contribution in [3.8, 4) is 0 Å². The molecule has 0 aliphatic rings. The van der Waals surface area contributed by atoms with Gasteiger partial charge in [-0.1, -0.05) is 17.3 Å². The number of fused-ring (bicyclic) bond motifs is 1. The molecule has 0 aliphatic heterocycles. The highest BCUT2D eigenvalue weighted by Gasteiger charge is 2.09. The van der Waals surface area contributed by atoms with Crippen molar-refractivity contribution in [3.63, 3.8) is 0 Å². The molecule has 2 N–H and O–H groups in total. The van der Waals surface area contributed by atoms with Gasteiger partial charge in [-0.2, -0.15) is 5.10 Å². The van der Waals surface area contributed by atoms with Crippen LogP contribution < -0.4 is 11.3 Å². The van der Waals surface area contributed by atoms with E-state index < -0.39 is 0 Å². The number of nitrogens with two attached hydrogens (primary N) is 1. The normalized spacial score (nSPS) is 11.1. The summed E-state index contributed by atoms with van der Waals surface area (Å²) in [7, 11) is 1.74. The molecule has 21 heavy (non-hydrogen) atoms. The standard InChI is InChI=1S/C14H16N6O/c1-19-13-12(9-16-19)14(21)20(18-17-13)7-3-5-10-4-2-6-11(15)8-10/h2,4,6,8-9H,3,5,7,15H2,1H3. The summed E-state index contributed by atoms with van der Waals surface area (Å²) in [5.41, 5.74) is 8.00. The van der Waals surface area contributed by atoms with Gasteiger partial charge < -0.3 is 5.73 Å². The van der Waals surface area contributed by atoms with Crippen molar-refractivity contribution in [3.05, 3.63) is 46.4 Å². The summed E-state index contributed by atoms with van der Waals surface area (Å²) in [4.78, 5) is 12.2. The number of aryl methyl sites for hydroxylation is 3. The number of hydrogen-bond donors (Lipinski definition) is 1. The first-order chi connectivity index (χ1) is 10.1. The highest BCUT2D eigenvalue weighted by Crippen LogP contribution is 2.09. The Balaban J connectivity index is 1.74. The van der Waals surface area contributed by atoms with E-state index in [-0.39, 0.29) is 5.56 Å². The number of benzene rings is 1. The maximum absolute atomic E-state index is 12.2. The molecule has 108 valence electrons. The quantitative estimate of drug-likeness (QED) is 0.713. The minimum absolute atomic E-state index is 0.152. The second-order valence-electron chi connectivity index (χ2n) is 4.97. The summed E-state index contributed by atoms with van der Waals surface area (Å²) in [6, 6.07) is 7.75. The fourth-order valence-electron chi connectivity index (χ4n) is 2.30. The molecule has 0 radical (unpaired) electrons. The molecule has 0 amide bonds. The van der Waals surface area contributed by atoms with E-state index >= 15 is 0 Å². The zero-order valence-corrected chi connectivity index (χ0v) is 11.7. The summed E-state index contributed by atoms with van der Waals surface area (Å²) in [6.45, 7) is 0.519. The zero-order valence-electron chi connectivity index (χ0n) is 11.7. The Bertz CT molecular complexity index is 835. The molecule has 0 atom stereocenters. The van der Waals surface area contributed by atoms with Gasteiger partial charge in [-0.05, 0) is 30.5 Å². The van der Waals surface area contributed by atoms with E-state index in [0.717, 1.165) is 24.1 Å². The van der Waals surface area contributed by atoms with Crippen molar-refractivity contribution in [2.75, 3.05) is 5.73 Å². The lowest BCUT2D eigenvalue weighted by molar-refractivity contribution is 0.523. The van der Waals surface area contributed by atoms with Crippen LogP contribution in [0.15, 0.2) is 35.3 Å². The van der Waals surface area contributed by atoms with Crippen LogP contribution in [0.4, 0.5) is 5.69 Å². The van der Waals surface area contributed by atoms with E-state index in [1.165, 1.54) is 10.9 Å². The Kier molecular flexibility index (Phi) is 3.39.